The first-order chi connectivity index (χ1) is 9.70. The van der Waals surface area contributed by atoms with Gasteiger partial charge in [-0.1, -0.05) is 20.3 Å². The van der Waals surface area contributed by atoms with Crippen LogP contribution in [0.5, 0.6) is 0 Å². The van der Waals surface area contributed by atoms with Gasteiger partial charge in [-0.05, 0) is 12.8 Å². The van der Waals surface area contributed by atoms with E-state index in [0.29, 0.717) is 6.42 Å². The molecule has 0 saturated carbocycles. The van der Waals surface area contributed by atoms with Gasteiger partial charge in [0.2, 0.25) is 5.69 Å². The van der Waals surface area contributed by atoms with Gasteiger partial charge in [-0.25, -0.2) is 4.79 Å². The molecule has 1 amide bonds. The van der Waals surface area contributed by atoms with Crippen LogP contribution in [0, 0.1) is 23.0 Å². The number of aryl methyl sites for hydroxylation is 2. The lowest BCUT2D eigenvalue weighted by atomic mass is 9.99. The average molecular weight is 298 g/mol. The number of aromatic nitrogens is 2. The van der Waals surface area contributed by atoms with Crippen LogP contribution in [0.3, 0.4) is 0 Å². The lowest BCUT2D eigenvalue weighted by Gasteiger charge is -2.19. The van der Waals surface area contributed by atoms with Gasteiger partial charge in [-0.3, -0.25) is 19.6 Å². The number of hydrogen-bond acceptors (Lipinski definition) is 5. The highest BCUT2D eigenvalue weighted by atomic mass is 16.6. The number of carbonyl (C=O) groups is 2. The van der Waals surface area contributed by atoms with Gasteiger partial charge < -0.3 is 10.4 Å². The first kappa shape index (κ1) is 16.6. The van der Waals surface area contributed by atoms with Gasteiger partial charge in [0.05, 0.1) is 4.92 Å². The van der Waals surface area contributed by atoms with Crippen molar-refractivity contribution in [1.82, 2.24) is 15.1 Å². The van der Waals surface area contributed by atoms with Crippen molar-refractivity contribution in [1.29, 1.82) is 0 Å². The van der Waals surface area contributed by atoms with Crippen LogP contribution in [-0.2, 0) is 11.8 Å². The molecule has 0 aliphatic carbocycles. The van der Waals surface area contributed by atoms with Crippen LogP contribution in [-0.4, -0.2) is 37.7 Å². The fourth-order valence-corrected chi connectivity index (χ4v) is 2.01. The zero-order chi connectivity index (χ0) is 16.3. The molecule has 1 aromatic rings. The first-order valence-corrected chi connectivity index (χ1v) is 6.42. The summed E-state index contributed by atoms with van der Waals surface area (Å²) in [6.45, 7) is 4.89. The number of carboxylic acid groups (broad SMARTS) is 1. The average Bonchev–Trinajstić information content (AvgIpc) is 2.69. The Labute approximate surface area is 121 Å². The van der Waals surface area contributed by atoms with Crippen LogP contribution in [0.2, 0.25) is 0 Å². The summed E-state index contributed by atoms with van der Waals surface area (Å²) in [5.74, 6) is -2.31. The van der Waals surface area contributed by atoms with Crippen molar-refractivity contribution >= 4 is 17.6 Å². The molecule has 2 atom stereocenters. The highest BCUT2D eigenvalue weighted by Gasteiger charge is 2.33. The smallest absolute Gasteiger partial charge is 0.326 e. The lowest BCUT2D eigenvalue weighted by Crippen LogP contribution is -2.45. The molecule has 21 heavy (non-hydrogen) atoms. The van der Waals surface area contributed by atoms with E-state index in [9.17, 15) is 19.7 Å². The van der Waals surface area contributed by atoms with E-state index in [0.717, 1.165) is 4.68 Å². The molecule has 0 saturated heterocycles. The van der Waals surface area contributed by atoms with Crippen molar-refractivity contribution in [3.8, 4) is 0 Å². The molecule has 9 nitrogen and oxygen atoms in total. The summed E-state index contributed by atoms with van der Waals surface area (Å²) >= 11 is 0. The molecule has 0 radical (unpaired) electrons. The van der Waals surface area contributed by atoms with E-state index in [1.54, 1.807) is 13.8 Å². The number of rotatable bonds is 6. The number of aliphatic carboxylic acids is 1. The highest BCUT2D eigenvalue weighted by molar-refractivity contribution is 5.98. The molecule has 0 aliphatic heterocycles. The zero-order valence-corrected chi connectivity index (χ0v) is 12.3. The molecule has 116 valence electrons. The van der Waals surface area contributed by atoms with E-state index in [-0.39, 0.29) is 17.3 Å². The van der Waals surface area contributed by atoms with Gasteiger partial charge in [-0.2, -0.15) is 5.10 Å². The molecule has 0 bridgehead atoms. The van der Waals surface area contributed by atoms with Crippen LogP contribution >= 0.6 is 0 Å². The molecular formula is C12H18N4O5. The number of amides is 1. The van der Waals surface area contributed by atoms with E-state index >= 15 is 0 Å². The molecule has 0 aromatic carbocycles. The quantitative estimate of drug-likeness (QED) is 0.592. The van der Waals surface area contributed by atoms with Gasteiger partial charge in [-0.15, -0.1) is 0 Å². The number of carboxylic acids is 1. The molecule has 1 aromatic heterocycles. The van der Waals surface area contributed by atoms with Crippen molar-refractivity contribution in [3.05, 3.63) is 21.5 Å². The van der Waals surface area contributed by atoms with Crippen molar-refractivity contribution in [2.75, 3.05) is 0 Å². The minimum atomic E-state index is -1.18. The predicted molar refractivity (Wildman–Crippen MR) is 72.9 cm³/mol. The predicted octanol–water partition coefficient (Wildman–Crippen LogP) is 0.866. The summed E-state index contributed by atoms with van der Waals surface area (Å²) in [7, 11) is 1.40. The molecule has 0 spiro atoms. The normalized spacial score (nSPS) is 13.5. The van der Waals surface area contributed by atoms with Crippen LogP contribution < -0.4 is 5.32 Å². The molecule has 1 rings (SSSR count). The Hall–Kier alpha value is -2.45. The van der Waals surface area contributed by atoms with Crippen LogP contribution in [0.1, 0.15) is 36.5 Å². The van der Waals surface area contributed by atoms with E-state index < -0.39 is 28.5 Å². The number of nitro groups is 1. The number of carbonyl (C=O) groups excluding carboxylic acids is 1. The largest absolute Gasteiger partial charge is 0.480 e. The first-order valence-electron chi connectivity index (χ1n) is 6.42. The Morgan fingerprint density at radius 3 is 2.52 bits per heavy atom. The molecule has 0 aliphatic rings. The Kier molecular flexibility index (Phi) is 5.01. The van der Waals surface area contributed by atoms with E-state index in [1.807, 2.05) is 0 Å². The monoisotopic (exact) mass is 298 g/mol. The summed E-state index contributed by atoms with van der Waals surface area (Å²) in [5, 5.41) is 26.3. The SMILES string of the molecule is CC[C@H](C)[C@H](NC(=O)c1c([N+](=O)[O-])c(C)nn1C)C(=O)O. The summed E-state index contributed by atoms with van der Waals surface area (Å²) in [5.41, 5.74) is -0.571. The van der Waals surface area contributed by atoms with E-state index in [1.165, 1.54) is 14.0 Å². The van der Waals surface area contributed by atoms with Gasteiger partial charge in [0.15, 0.2) is 0 Å². The maximum absolute atomic E-state index is 12.2. The van der Waals surface area contributed by atoms with Gasteiger partial charge in [0, 0.05) is 7.05 Å². The van der Waals surface area contributed by atoms with Crippen molar-refractivity contribution < 1.29 is 19.6 Å². The number of hydrogen-bond donors (Lipinski definition) is 2. The van der Waals surface area contributed by atoms with Crippen molar-refractivity contribution in [3.63, 3.8) is 0 Å². The second-order valence-corrected chi connectivity index (χ2v) is 4.84. The Morgan fingerprint density at radius 2 is 2.10 bits per heavy atom. The lowest BCUT2D eigenvalue weighted by molar-refractivity contribution is -0.385. The molecular weight excluding hydrogens is 280 g/mol. The van der Waals surface area contributed by atoms with Crippen LogP contribution in [0.15, 0.2) is 0 Å². The maximum Gasteiger partial charge on any atom is 0.326 e. The third kappa shape index (κ3) is 3.36. The second-order valence-electron chi connectivity index (χ2n) is 4.84. The Bertz CT molecular complexity index is 580. The third-order valence-corrected chi connectivity index (χ3v) is 3.35. The minimum absolute atomic E-state index is 0.100. The standard InChI is InChI=1S/C12H18N4O5/c1-5-6(2)8(12(18)19)13-11(17)10-9(16(20)21)7(3)14-15(10)4/h6,8H,5H2,1-4H3,(H,13,17)(H,18,19)/t6-,8-/m0/s1. The van der Waals surface area contributed by atoms with E-state index in [4.69, 9.17) is 5.11 Å². The summed E-state index contributed by atoms with van der Waals surface area (Å²) < 4.78 is 1.08. The summed E-state index contributed by atoms with van der Waals surface area (Å²) in [4.78, 5) is 33.7. The third-order valence-electron chi connectivity index (χ3n) is 3.35. The highest BCUT2D eigenvalue weighted by Crippen LogP contribution is 2.22. The van der Waals surface area contributed by atoms with Gasteiger partial charge >= 0.3 is 11.7 Å². The Morgan fingerprint density at radius 1 is 1.52 bits per heavy atom. The number of nitrogens with one attached hydrogen (secondary N) is 1. The molecule has 0 fully saturated rings. The fourth-order valence-electron chi connectivity index (χ4n) is 2.01. The molecule has 2 N–H and O–H groups in total. The molecule has 9 heteroatoms. The fraction of sp³-hybridized carbons (Fsp3) is 0.583. The Balaban J connectivity index is 3.15. The number of nitrogens with zero attached hydrogens (tertiary/aromatic N) is 3. The van der Waals surface area contributed by atoms with Crippen molar-refractivity contribution in [2.24, 2.45) is 13.0 Å². The summed E-state index contributed by atoms with van der Waals surface area (Å²) in [6.07, 6.45) is 0.545. The molecule has 1 heterocycles. The van der Waals surface area contributed by atoms with E-state index in [2.05, 4.69) is 10.4 Å². The van der Waals surface area contributed by atoms with Gasteiger partial charge in [0.25, 0.3) is 5.91 Å². The molecule has 0 unspecified atom stereocenters. The zero-order valence-electron chi connectivity index (χ0n) is 12.3. The van der Waals surface area contributed by atoms with Gasteiger partial charge in [0.1, 0.15) is 11.7 Å². The maximum atomic E-state index is 12.2. The van der Waals surface area contributed by atoms with Crippen LogP contribution in [0.4, 0.5) is 5.69 Å². The minimum Gasteiger partial charge on any atom is -0.480 e. The van der Waals surface area contributed by atoms with Crippen molar-refractivity contribution in [2.45, 2.75) is 33.2 Å². The van der Waals surface area contributed by atoms with Crippen LogP contribution in [0.25, 0.3) is 0 Å². The second kappa shape index (κ2) is 6.33. The topological polar surface area (TPSA) is 127 Å². The summed E-state index contributed by atoms with van der Waals surface area (Å²) in [6, 6.07) is -1.11.